The number of anilines is 2. The molecule has 2 aromatic rings. The van der Waals surface area contributed by atoms with E-state index in [1.165, 1.54) is 6.39 Å². The van der Waals surface area contributed by atoms with E-state index >= 15 is 0 Å². The summed E-state index contributed by atoms with van der Waals surface area (Å²) in [5.41, 5.74) is 7.36. The third-order valence-corrected chi connectivity index (χ3v) is 2.33. The maximum Gasteiger partial charge on any atom is 0.213 e. The topological polar surface area (TPSA) is 86.2 Å². The SMILES string of the molecule is CCCOc1cc(NCc2ncon2)ccc1N. The fraction of sp³-hybridized carbons (Fsp3) is 0.333. The van der Waals surface area contributed by atoms with Gasteiger partial charge in [0, 0.05) is 11.8 Å². The minimum absolute atomic E-state index is 0.494. The molecule has 2 rings (SSSR count). The Morgan fingerprint density at radius 3 is 3.06 bits per heavy atom. The van der Waals surface area contributed by atoms with Crippen molar-refractivity contribution >= 4 is 11.4 Å². The maximum absolute atomic E-state index is 5.83. The molecular weight excluding hydrogens is 232 g/mol. The van der Waals surface area contributed by atoms with Gasteiger partial charge in [0.1, 0.15) is 5.75 Å². The highest BCUT2D eigenvalue weighted by Gasteiger charge is 2.03. The Bertz CT molecular complexity index is 485. The summed E-state index contributed by atoms with van der Waals surface area (Å²) in [6.45, 7) is 3.20. The number of benzene rings is 1. The standard InChI is InChI=1S/C12H16N4O2/c1-2-5-17-11-6-9(3-4-10(11)13)14-7-12-15-8-18-16-12/h3-4,6,8,14H,2,5,7,13H2,1H3. The van der Waals surface area contributed by atoms with Crippen molar-refractivity contribution in [2.24, 2.45) is 0 Å². The molecule has 18 heavy (non-hydrogen) atoms. The number of aromatic nitrogens is 2. The summed E-state index contributed by atoms with van der Waals surface area (Å²) in [7, 11) is 0. The molecule has 0 aliphatic rings. The normalized spacial score (nSPS) is 10.3. The molecule has 0 amide bonds. The van der Waals surface area contributed by atoms with Crippen LogP contribution < -0.4 is 15.8 Å². The quantitative estimate of drug-likeness (QED) is 0.761. The first-order valence-corrected chi connectivity index (χ1v) is 5.81. The summed E-state index contributed by atoms with van der Waals surface area (Å²) in [4.78, 5) is 3.92. The Morgan fingerprint density at radius 1 is 1.44 bits per heavy atom. The molecule has 3 N–H and O–H groups in total. The Morgan fingerprint density at radius 2 is 2.33 bits per heavy atom. The van der Waals surface area contributed by atoms with Crippen LogP contribution in [0, 0.1) is 0 Å². The molecule has 1 aromatic heterocycles. The molecule has 0 bridgehead atoms. The first kappa shape index (κ1) is 12.2. The van der Waals surface area contributed by atoms with E-state index in [0.717, 1.165) is 12.1 Å². The van der Waals surface area contributed by atoms with Crippen molar-refractivity contribution in [2.45, 2.75) is 19.9 Å². The molecule has 0 aliphatic heterocycles. The van der Waals surface area contributed by atoms with Gasteiger partial charge in [0.25, 0.3) is 0 Å². The maximum atomic E-state index is 5.83. The largest absolute Gasteiger partial charge is 0.491 e. The van der Waals surface area contributed by atoms with Gasteiger partial charge in [0.05, 0.1) is 18.8 Å². The van der Waals surface area contributed by atoms with Gasteiger partial charge in [0.15, 0.2) is 5.82 Å². The minimum Gasteiger partial charge on any atom is -0.491 e. The summed E-state index contributed by atoms with van der Waals surface area (Å²) >= 11 is 0. The smallest absolute Gasteiger partial charge is 0.213 e. The molecular formula is C12H16N4O2. The fourth-order valence-corrected chi connectivity index (χ4v) is 1.43. The lowest BCUT2D eigenvalue weighted by Crippen LogP contribution is -2.03. The van der Waals surface area contributed by atoms with Gasteiger partial charge in [-0.2, -0.15) is 4.98 Å². The van der Waals surface area contributed by atoms with E-state index < -0.39 is 0 Å². The first-order valence-electron chi connectivity index (χ1n) is 5.81. The molecule has 0 saturated heterocycles. The molecule has 0 fully saturated rings. The second kappa shape index (κ2) is 5.90. The molecule has 1 aromatic carbocycles. The van der Waals surface area contributed by atoms with Crippen molar-refractivity contribution in [1.82, 2.24) is 10.1 Å². The van der Waals surface area contributed by atoms with Gasteiger partial charge in [-0.3, -0.25) is 0 Å². The fourth-order valence-electron chi connectivity index (χ4n) is 1.43. The van der Waals surface area contributed by atoms with Crippen molar-refractivity contribution < 1.29 is 9.26 Å². The molecule has 0 spiro atoms. The molecule has 0 aliphatic carbocycles. The summed E-state index contributed by atoms with van der Waals surface area (Å²) < 4.78 is 10.2. The van der Waals surface area contributed by atoms with Gasteiger partial charge in [-0.15, -0.1) is 0 Å². The zero-order valence-electron chi connectivity index (χ0n) is 10.2. The molecule has 1 heterocycles. The Hall–Kier alpha value is -2.24. The molecule has 6 heteroatoms. The zero-order valence-corrected chi connectivity index (χ0v) is 10.2. The first-order chi connectivity index (χ1) is 8.79. The summed E-state index contributed by atoms with van der Waals surface area (Å²) in [5, 5.41) is 6.89. The van der Waals surface area contributed by atoms with Crippen LogP contribution in [0.2, 0.25) is 0 Å². The highest BCUT2D eigenvalue weighted by Crippen LogP contribution is 2.25. The molecule has 0 unspecified atom stereocenters. The van der Waals surface area contributed by atoms with Crippen LogP contribution >= 0.6 is 0 Å². The van der Waals surface area contributed by atoms with Crippen LogP contribution in [0.1, 0.15) is 19.2 Å². The van der Waals surface area contributed by atoms with Crippen LogP contribution in [0.4, 0.5) is 11.4 Å². The Kier molecular flexibility index (Phi) is 4.01. The second-order valence-corrected chi connectivity index (χ2v) is 3.80. The van der Waals surface area contributed by atoms with Crippen molar-refractivity contribution in [3.63, 3.8) is 0 Å². The number of nitrogens with one attached hydrogen (secondary N) is 1. The van der Waals surface area contributed by atoms with Gasteiger partial charge < -0.3 is 20.3 Å². The van der Waals surface area contributed by atoms with Crippen LogP contribution in [0.15, 0.2) is 29.1 Å². The van der Waals surface area contributed by atoms with Gasteiger partial charge >= 0.3 is 0 Å². The number of ether oxygens (including phenoxy) is 1. The average molecular weight is 248 g/mol. The molecule has 96 valence electrons. The van der Waals surface area contributed by atoms with Crippen molar-refractivity contribution in [1.29, 1.82) is 0 Å². The number of nitrogen functional groups attached to an aromatic ring is 1. The lowest BCUT2D eigenvalue weighted by Gasteiger charge is -2.10. The van der Waals surface area contributed by atoms with E-state index in [0.29, 0.717) is 30.4 Å². The van der Waals surface area contributed by atoms with E-state index in [1.807, 2.05) is 18.2 Å². The van der Waals surface area contributed by atoms with Crippen molar-refractivity contribution in [3.8, 4) is 5.75 Å². The third kappa shape index (κ3) is 3.13. The van der Waals surface area contributed by atoms with Crippen molar-refractivity contribution in [3.05, 3.63) is 30.4 Å². The Labute approximate surface area is 105 Å². The summed E-state index contributed by atoms with van der Waals surface area (Å²) in [6.07, 6.45) is 2.25. The van der Waals surface area contributed by atoms with Gasteiger partial charge in [-0.05, 0) is 18.6 Å². The van der Waals surface area contributed by atoms with Gasteiger partial charge in [-0.1, -0.05) is 12.1 Å². The number of hydrogen-bond donors (Lipinski definition) is 2. The van der Waals surface area contributed by atoms with Crippen LogP contribution in [0.3, 0.4) is 0 Å². The minimum atomic E-state index is 0.494. The zero-order chi connectivity index (χ0) is 12.8. The highest BCUT2D eigenvalue weighted by atomic mass is 16.5. The predicted molar refractivity (Wildman–Crippen MR) is 68.3 cm³/mol. The van der Waals surface area contributed by atoms with Crippen LogP contribution in [0.5, 0.6) is 5.75 Å². The molecule has 6 nitrogen and oxygen atoms in total. The lowest BCUT2D eigenvalue weighted by atomic mass is 10.2. The van der Waals surface area contributed by atoms with Crippen molar-refractivity contribution in [2.75, 3.05) is 17.7 Å². The molecule has 0 atom stereocenters. The number of nitrogens with zero attached hydrogens (tertiary/aromatic N) is 2. The number of hydrogen-bond acceptors (Lipinski definition) is 6. The highest BCUT2D eigenvalue weighted by molar-refractivity contribution is 5.61. The summed E-state index contributed by atoms with van der Waals surface area (Å²) in [6, 6.07) is 5.56. The van der Waals surface area contributed by atoms with Crippen LogP contribution in [-0.2, 0) is 6.54 Å². The van der Waals surface area contributed by atoms with Crippen LogP contribution in [0.25, 0.3) is 0 Å². The van der Waals surface area contributed by atoms with E-state index in [-0.39, 0.29) is 0 Å². The molecule has 0 saturated carbocycles. The predicted octanol–water partition coefficient (Wildman–Crippen LogP) is 2.05. The van der Waals surface area contributed by atoms with E-state index in [9.17, 15) is 0 Å². The van der Waals surface area contributed by atoms with Gasteiger partial charge in [-0.25, -0.2) is 0 Å². The number of nitrogens with two attached hydrogens (primary N) is 1. The third-order valence-electron chi connectivity index (χ3n) is 2.33. The average Bonchev–Trinajstić information content (AvgIpc) is 2.89. The van der Waals surface area contributed by atoms with E-state index in [2.05, 4.69) is 26.9 Å². The lowest BCUT2D eigenvalue weighted by molar-refractivity contribution is 0.319. The second-order valence-electron chi connectivity index (χ2n) is 3.80. The number of rotatable bonds is 6. The monoisotopic (exact) mass is 248 g/mol. The Balaban J connectivity index is 2.00. The van der Waals surface area contributed by atoms with Gasteiger partial charge in [0.2, 0.25) is 6.39 Å². The van der Waals surface area contributed by atoms with E-state index in [4.69, 9.17) is 10.5 Å². The summed E-state index contributed by atoms with van der Waals surface area (Å²) in [5.74, 6) is 1.29. The molecule has 0 radical (unpaired) electrons. The van der Waals surface area contributed by atoms with E-state index in [1.54, 1.807) is 0 Å². The van der Waals surface area contributed by atoms with Crippen LogP contribution in [-0.4, -0.2) is 16.7 Å².